The van der Waals surface area contributed by atoms with Gasteiger partial charge in [0, 0.05) is 25.0 Å². The van der Waals surface area contributed by atoms with Gasteiger partial charge in [0.2, 0.25) is 0 Å². The van der Waals surface area contributed by atoms with E-state index in [9.17, 15) is 13.2 Å². The van der Waals surface area contributed by atoms with E-state index < -0.39 is 11.8 Å². The van der Waals surface area contributed by atoms with Gasteiger partial charge in [-0.05, 0) is 36.5 Å². The minimum Gasteiger partial charge on any atom is -0.404 e. The second-order valence-corrected chi connectivity index (χ2v) is 7.18. The molecule has 27 heavy (non-hydrogen) atoms. The molecule has 0 amide bonds. The molecule has 0 saturated carbocycles. The van der Waals surface area contributed by atoms with Crippen LogP contribution in [0.3, 0.4) is 0 Å². The van der Waals surface area contributed by atoms with Crippen molar-refractivity contribution >= 4 is 5.71 Å². The first-order valence-electron chi connectivity index (χ1n) is 9.12. The van der Waals surface area contributed by atoms with Crippen LogP contribution in [0.15, 0.2) is 71.2 Å². The quantitative estimate of drug-likeness (QED) is 0.753. The van der Waals surface area contributed by atoms with E-state index >= 15 is 0 Å². The number of hydrogen-bond acceptors (Lipinski definition) is 3. The molecule has 6 heteroatoms. The number of rotatable bonds is 4. The molecule has 1 fully saturated rings. The van der Waals surface area contributed by atoms with E-state index in [0.717, 1.165) is 31.6 Å². The highest BCUT2D eigenvalue weighted by Gasteiger charge is 2.54. The number of ether oxygens (including phenoxy) is 1. The summed E-state index contributed by atoms with van der Waals surface area (Å²) in [6, 6.07) is 10.2. The summed E-state index contributed by atoms with van der Waals surface area (Å²) >= 11 is 0. The predicted molar refractivity (Wildman–Crippen MR) is 97.8 cm³/mol. The van der Waals surface area contributed by atoms with Crippen molar-refractivity contribution in [1.29, 1.82) is 0 Å². The number of benzene rings is 1. The van der Waals surface area contributed by atoms with Crippen molar-refractivity contribution in [3.63, 3.8) is 0 Å². The zero-order chi connectivity index (χ0) is 19.1. The molecule has 3 nitrogen and oxygen atoms in total. The molecular weight excluding hydrogens is 353 g/mol. The first kappa shape index (κ1) is 17.9. The molecule has 2 aliphatic heterocycles. The summed E-state index contributed by atoms with van der Waals surface area (Å²) < 4.78 is 42.9. The molecule has 0 N–H and O–H groups in total. The standard InChI is InChI=1S/C21H21F3N2O/c1-15-9-12-25-19-17(27-21(22,23)24)7-8-18-20(15,19)11-14-26(18)13-10-16-5-3-2-4-6-16/h2-9,12,15H,10-11,13-14H2,1H3. The van der Waals surface area contributed by atoms with Crippen molar-refractivity contribution < 1.29 is 17.9 Å². The molecule has 3 aliphatic rings. The van der Waals surface area contributed by atoms with Crippen LogP contribution in [-0.2, 0) is 11.2 Å². The van der Waals surface area contributed by atoms with Crippen LogP contribution in [0.1, 0.15) is 18.9 Å². The lowest BCUT2D eigenvalue weighted by Gasteiger charge is -2.41. The van der Waals surface area contributed by atoms with Gasteiger partial charge in [0.25, 0.3) is 0 Å². The Balaban J connectivity index is 1.63. The number of alkyl halides is 3. The van der Waals surface area contributed by atoms with Gasteiger partial charge in [0.1, 0.15) is 0 Å². The normalized spacial score (nSPS) is 26.7. The number of likely N-dealkylation sites (tertiary alicyclic amines) is 1. The molecule has 4 rings (SSSR count). The van der Waals surface area contributed by atoms with Gasteiger partial charge in [0.15, 0.2) is 5.76 Å². The van der Waals surface area contributed by atoms with Gasteiger partial charge in [-0.2, -0.15) is 0 Å². The molecule has 142 valence electrons. The average molecular weight is 374 g/mol. The number of aliphatic imine (C=N–C) groups is 1. The summed E-state index contributed by atoms with van der Waals surface area (Å²) in [6.45, 7) is 3.66. The Morgan fingerprint density at radius 2 is 2.00 bits per heavy atom. The molecule has 1 aromatic carbocycles. The number of allylic oxidation sites excluding steroid dienone is 5. The molecule has 1 aromatic rings. The van der Waals surface area contributed by atoms with Crippen LogP contribution in [-0.4, -0.2) is 30.1 Å². The highest BCUT2D eigenvalue weighted by atomic mass is 19.4. The van der Waals surface area contributed by atoms with Gasteiger partial charge >= 0.3 is 6.36 Å². The maximum absolute atomic E-state index is 12.9. The summed E-state index contributed by atoms with van der Waals surface area (Å²) in [6.07, 6.45) is 3.65. The summed E-state index contributed by atoms with van der Waals surface area (Å²) in [5.74, 6) is -0.133. The molecular formula is C21H21F3N2O. The zero-order valence-electron chi connectivity index (χ0n) is 15.0. The molecule has 2 atom stereocenters. The van der Waals surface area contributed by atoms with Gasteiger partial charge in [0.05, 0.1) is 11.1 Å². The summed E-state index contributed by atoms with van der Waals surface area (Å²) in [5, 5.41) is 0. The topological polar surface area (TPSA) is 24.8 Å². The Labute approximate surface area is 156 Å². The third kappa shape index (κ3) is 3.17. The Morgan fingerprint density at radius 3 is 2.74 bits per heavy atom. The summed E-state index contributed by atoms with van der Waals surface area (Å²) in [5.41, 5.74) is 2.15. The van der Waals surface area contributed by atoms with E-state index in [2.05, 4.69) is 26.8 Å². The minimum atomic E-state index is -4.73. The monoisotopic (exact) mass is 374 g/mol. The molecule has 0 radical (unpaired) electrons. The summed E-state index contributed by atoms with van der Waals surface area (Å²) in [7, 11) is 0. The number of hydrogen-bond donors (Lipinski definition) is 0. The van der Waals surface area contributed by atoms with Gasteiger partial charge in [-0.25, -0.2) is 0 Å². The largest absolute Gasteiger partial charge is 0.573 e. The van der Waals surface area contributed by atoms with E-state index in [1.807, 2.05) is 31.2 Å². The maximum Gasteiger partial charge on any atom is 0.573 e. The fourth-order valence-corrected chi connectivity index (χ4v) is 4.40. The second kappa shape index (κ2) is 6.59. The fourth-order valence-electron chi connectivity index (χ4n) is 4.40. The molecule has 1 spiro atoms. The number of nitrogens with zero attached hydrogens (tertiary/aromatic N) is 2. The SMILES string of the molecule is CC1C=CN=C2C(OC(F)(F)F)=CC=C3N(CCc4ccccc4)CCC321. The third-order valence-corrected chi connectivity index (χ3v) is 5.72. The van der Waals surface area contributed by atoms with Gasteiger partial charge in [-0.1, -0.05) is 43.3 Å². The van der Waals surface area contributed by atoms with E-state index in [4.69, 9.17) is 0 Å². The first-order valence-corrected chi connectivity index (χ1v) is 9.12. The van der Waals surface area contributed by atoms with Gasteiger partial charge in [-0.15, -0.1) is 13.2 Å². The molecule has 1 saturated heterocycles. The zero-order valence-corrected chi connectivity index (χ0v) is 15.0. The molecule has 0 aromatic heterocycles. The van der Waals surface area contributed by atoms with Crippen molar-refractivity contribution in [2.24, 2.45) is 16.3 Å². The Hall–Kier alpha value is -2.50. The number of halogens is 3. The molecule has 1 aliphatic carbocycles. The first-order chi connectivity index (χ1) is 12.9. The van der Waals surface area contributed by atoms with Crippen molar-refractivity contribution in [2.45, 2.75) is 26.1 Å². The lowest BCUT2D eigenvalue weighted by Crippen LogP contribution is -2.43. The van der Waals surface area contributed by atoms with Crippen LogP contribution in [0.25, 0.3) is 0 Å². The van der Waals surface area contributed by atoms with Crippen LogP contribution in [0.4, 0.5) is 13.2 Å². The lowest BCUT2D eigenvalue weighted by atomic mass is 9.66. The van der Waals surface area contributed by atoms with Crippen LogP contribution >= 0.6 is 0 Å². The van der Waals surface area contributed by atoms with Crippen LogP contribution < -0.4 is 0 Å². The Bertz CT molecular complexity index is 839. The predicted octanol–water partition coefficient (Wildman–Crippen LogP) is 4.84. The van der Waals surface area contributed by atoms with Crippen LogP contribution in [0.2, 0.25) is 0 Å². The third-order valence-electron chi connectivity index (χ3n) is 5.72. The van der Waals surface area contributed by atoms with Crippen molar-refractivity contribution in [3.8, 4) is 0 Å². The molecule has 2 unspecified atom stereocenters. The van der Waals surface area contributed by atoms with E-state index in [1.165, 1.54) is 11.6 Å². The second-order valence-electron chi connectivity index (χ2n) is 7.18. The smallest absolute Gasteiger partial charge is 0.404 e. The highest BCUT2D eigenvalue weighted by molar-refractivity contribution is 6.07. The van der Waals surface area contributed by atoms with E-state index in [-0.39, 0.29) is 11.7 Å². The van der Waals surface area contributed by atoms with E-state index in [0.29, 0.717) is 5.71 Å². The van der Waals surface area contributed by atoms with Gasteiger partial charge < -0.3 is 9.64 Å². The Morgan fingerprint density at radius 1 is 1.22 bits per heavy atom. The van der Waals surface area contributed by atoms with Crippen LogP contribution in [0.5, 0.6) is 0 Å². The molecule has 0 bridgehead atoms. The Kier molecular flexibility index (Phi) is 4.36. The summed E-state index contributed by atoms with van der Waals surface area (Å²) in [4.78, 5) is 6.61. The fraction of sp³-hybridized carbons (Fsp3) is 0.381. The van der Waals surface area contributed by atoms with Crippen molar-refractivity contribution in [1.82, 2.24) is 4.90 Å². The van der Waals surface area contributed by atoms with E-state index in [1.54, 1.807) is 12.3 Å². The highest BCUT2D eigenvalue weighted by Crippen LogP contribution is 2.53. The maximum atomic E-state index is 12.9. The average Bonchev–Trinajstić information content (AvgIpc) is 3.00. The van der Waals surface area contributed by atoms with Gasteiger partial charge in [-0.3, -0.25) is 4.99 Å². The minimum absolute atomic E-state index is 0.0542. The van der Waals surface area contributed by atoms with Crippen molar-refractivity contribution in [3.05, 3.63) is 71.8 Å². The lowest BCUT2D eigenvalue weighted by molar-refractivity contribution is -0.302. The van der Waals surface area contributed by atoms with Crippen molar-refractivity contribution in [2.75, 3.05) is 13.1 Å². The van der Waals surface area contributed by atoms with Crippen LogP contribution in [0, 0.1) is 11.3 Å². The molecule has 2 heterocycles.